The Hall–Kier alpha value is -2.53. The van der Waals surface area contributed by atoms with Crippen LogP contribution in [0, 0.1) is 0 Å². The molecule has 0 aliphatic heterocycles. The highest BCUT2D eigenvalue weighted by molar-refractivity contribution is 5.61. The summed E-state index contributed by atoms with van der Waals surface area (Å²) < 4.78 is 5.17. The molecular formula is C20H24N4O. The van der Waals surface area contributed by atoms with E-state index in [2.05, 4.69) is 72.4 Å². The Bertz CT molecular complexity index is 804. The maximum absolute atomic E-state index is 5.17. The van der Waals surface area contributed by atoms with Gasteiger partial charge in [0.1, 0.15) is 12.6 Å². The first kappa shape index (κ1) is 17.3. The lowest BCUT2D eigenvalue weighted by atomic mass is 9.89. The topological polar surface area (TPSA) is 63.8 Å². The van der Waals surface area contributed by atoms with Crippen molar-refractivity contribution in [1.82, 2.24) is 20.4 Å². The first-order valence-corrected chi connectivity index (χ1v) is 8.47. The fourth-order valence-electron chi connectivity index (χ4n) is 2.79. The van der Waals surface area contributed by atoms with Crippen molar-refractivity contribution in [3.63, 3.8) is 0 Å². The summed E-state index contributed by atoms with van der Waals surface area (Å²) in [6.45, 7) is 9.31. The first-order chi connectivity index (χ1) is 11.9. The molecule has 2 aromatic heterocycles. The Morgan fingerprint density at radius 2 is 1.72 bits per heavy atom. The van der Waals surface area contributed by atoms with Crippen LogP contribution < -0.4 is 5.32 Å². The summed E-state index contributed by atoms with van der Waals surface area (Å²) in [6.07, 6.45) is 6.92. The number of nitrogens with one attached hydrogen (secondary N) is 1. The fraction of sp³-hybridized carbons (Fsp3) is 0.350. The number of nitrogens with zero attached hydrogens (tertiary/aromatic N) is 3. The van der Waals surface area contributed by atoms with Crippen LogP contribution in [0.4, 0.5) is 0 Å². The van der Waals surface area contributed by atoms with Gasteiger partial charge in [-0.2, -0.15) is 0 Å². The Morgan fingerprint density at radius 3 is 2.36 bits per heavy atom. The van der Waals surface area contributed by atoms with E-state index >= 15 is 0 Å². The Labute approximate surface area is 148 Å². The van der Waals surface area contributed by atoms with Gasteiger partial charge in [-0.25, -0.2) is 9.97 Å². The van der Waals surface area contributed by atoms with Crippen LogP contribution in [0.1, 0.15) is 50.6 Å². The average Bonchev–Trinajstić information content (AvgIpc) is 3.10. The highest BCUT2D eigenvalue weighted by Gasteiger charge is 2.22. The van der Waals surface area contributed by atoms with E-state index in [1.807, 2.05) is 12.4 Å². The van der Waals surface area contributed by atoms with Gasteiger partial charge in [0.15, 0.2) is 0 Å². The maximum atomic E-state index is 5.17. The van der Waals surface area contributed by atoms with Crippen molar-refractivity contribution in [2.24, 2.45) is 0 Å². The van der Waals surface area contributed by atoms with Crippen molar-refractivity contribution in [2.45, 2.75) is 45.7 Å². The van der Waals surface area contributed by atoms with Crippen molar-refractivity contribution in [2.75, 3.05) is 0 Å². The molecule has 25 heavy (non-hydrogen) atoms. The minimum Gasteiger partial charge on any atom is -0.364 e. The van der Waals surface area contributed by atoms with Crippen LogP contribution >= 0.6 is 0 Å². The second kappa shape index (κ2) is 7.15. The molecule has 0 saturated carbocycles. The molecule has 1 atom stereocenters. The summed E-state index contributed by atoms with van der Waals surface area (Å²) in [6, 6.07) is 8.71. The van der Waals surface area contributed by atoms with Crippen molar-refractivity contribution in [3.8, 4) is 11.1 Å². The van der Waals surface area contributed by atoms with Crippen molar-refractivity contribution >= 4 is 0 Å². The lowest BCUT2D eigenvalue weighted by Crippen LogP contribution is -2.21. The Kier molecular flexibility index (Phi) is 4.95. The number of benzene rings is 1. The smallest absolute Gasteiger partial charge is 0.128 e. The van der Waals surface area contributed by atoms with Crippen LogP contribution in [-0.4, -0.2) is 15.1 Å². The van der Waals surface area contributed by atoms with Crippen LogP contribution in [0.15, 0.2) is 53.8 Å². The predicted octanol–water partition coefficient (Wildman–Crippen LogP) is 4.28. The average molecular weight is 336 g/mol. The third-order valence-electron chi connectivity index (χ3n) is 4.26. The zero-order valence-electron chi connectivity index (χ0n) is 15.2. The van der Waals surface area contributed by atoms with E-state index in [1.54, 1.807) is 12.6 Å². The zero-order chi connectivity index (χ0) is 17.9. The molecule has 3 rings (SSSR count). The first-order valence-electron chi connectivity index (χ1n) is 8.47. The highest BCUT2D eigenvalue weighted by atomic mass is 16.5. The Morgan fingerprint density at radius 1 is 1.04 bits per heavy atom. The van der Waals surface area contributed by atoms with E-state index in [4.69, 9.17) is 4.52 Å². The van der Waals surface area contributed by atoms with E-state index in [1.165, 1.54) is 5.56 Å². The second-order valence-corrected chi connectivity index (χ2v) is 7.29. The normalized spacial score (nSPS) is 13.0. The SMILES string of the molecule is CC(NCc1conc1C(C)(C)C)c1ccc(-c2cncnc2)cc1. The zero-order valence-corrected chi connectivity index (χ0v) is 15.2. The molecular weight excluding hydrogens is 312 g/mol. The number of rotatable bonds is 5. The summed E-state index contributed by atoms with van der Waals surface area (Å²) in [5, 5.41) is 7.70. The maximum Gasteiger partial charge on any atom is 0.128 e. The van der Waals surface area contributed by atoms with Gasteiger partial charge in [-0.3, -0.25) is 0 Å². The standard InChI is InChI=1S/C20H24N4O/c1-14(23-11-18-12-25-24-19(18)20(2,3)4)15-5-7-16(8-6-15)17-9-21-13-22-10-17/h5-10,12-14,23H,11H2,1-4H3. The molecule has 0 aliphatic rings. The monoisotopic (exact) mass is 336 g/mol. The lowest BCUT2D eigenvalue weighted by molar-refractivity contribution is 0.393. The number of aromatic nitrogens is 3. The quantitative estimate of drug-likeness (QED) is 0.753. The van der Waals surface area contributed by atoms with Crippen molar-refractivity contribution < 1.29 is 4.52 Å². The van der Waals surface area contributed by atoms with Crippen molar-refractivity contribution in [1.29, 1.82) is 0 Å². The fourth-order valence-corrected chi connectivity index (χ4v) is 2.79. The summed E-state index contributed by atoms with van der Waals surface area (Å²) in [5.41, 5.74) is 5.46. The third kappa shape index (κ3) is 4.12. The van der Waals surface area contributed by atoms with Crippen LogP contribution in [0.3, 0.4) is 0 Å². The second-order valence-electron chi connectivity index (χ2n) is 7.29. The van der Waals surface area contributed by atoms with E-state index in [-0.39, 0.29) is 11.5 Å². The Balaban J connectivity index is 1.66. The van der Waals surface area contributed by atoms with Gasteiger partial charge in [0.25, 0.3) is 0 Å². The minimum absolute atomic E-state index is 0.0212. The van der Waals surface area contributed by atoms with E-state index in [0.29, 0.717) is 0 Å². The molecule has 0 bridgehead atoms. The minimum atomic E-state index is -0.0212. The summed E-state index contributed by atoms with van der Waals surface area (Å²) in [7, 11) is 0. The van der Waals surface area contributed by atoms with Gasteiger partial charge in [0.05, 0.1) is 5.69 Å². The van der Waals surface area contributed by atoms with E-state index in [0.717, 1.165) is 28.9 Å². The van der Waals surface area contributed by atoms with Crippen LogP contribution in [0.5, 0.6) is 0 Å². The van der Waals surface area contributed by atoms with Gasteiger partial charge in [0.2, 0.25) is 0 Å². The van der Waals surface area contributed by atoms with Gasteiger partial charge >= 0.3 is 0 Å². The molecule has 0 fully saturated rings. The molecule has 1 unspecified atom stereocenters. The molecule has 130 valence electrons. The van der Waals surface area contributed by atoms with Gasteiger partial charge in [-0.1, -0.05) is 50.2 Å². The molecule has 1 N–H and O–H groups in total. The number of hydrogen-bond acceptors (Lipinski definition) is 5. The largest absolute Gasteiger partial charge is 0.364 e. The summed E-state index contributed by atoms with van der Waals surface area (Å²) in [5.74, 6) is 0. The molecule has 0 spiro atoms. The number of hydrogen-bond donors (Lipinski definition) is 1. The van der Waals surface area contributed by atoms with Crippen molar-refractivity contribution in [3.05, 3.63) is 66.1 Å². The molecule has 1 aromatic carbocycles. The molecule has 0 amide bonds. The third-order valence-corrected chi connectivity index (χ3v) is 4.26. The van der Waals surface area contributed by atoms with Crippen LogP contribution in [-0.2, 0) is 12.0 Å². The van der Waals surface area contributed by atoms with Crippen LogP contribution in [0.25, 0.3) is 11.1 Å². The summed E-state index contributed by atoms with van der Waals surface area (Å²) in [4.78, 5) is 8.13. The van der Waals surface area contributed by atoms with Crippen LogP contribution in [0.2, 0.25) is 0 Å². The summed E-state index contributed by atoms with van der Waals surface area (Å²) >= 11 is 0. The molecule has 3 aromatic rings. The van der Waals surface area contributed by atoms with E-state index < -0.39 is 0 Å². The van der Waals surface area contributed by atoms with Gasteiger partial charge < -0.3 is 9.84 Å². The van der Waals surface area contributed by atoms with E-state index in [9.17, 15) is 0 Å². The molecule has 5 nitrogen and oxygen atoms in total. The highest BCUT2D eigenvalue weighted by Crippen LogP contribution is 2.25. The lowest BCUT2D eigenvalue weighted by Gasteiger charge is -2.18. The predicted molar refractivity (Wildman–Crippen MR) is 97.9 cm³/mol. The molecule has 5 heteroatoms. The molecule has 0 aliphatic carbocycles. The molecule has 0 saturated heterocycles. The molecule has 0 radical (unpaired) electrons. The van der Waals surface area contributed by atoms with Gasteiger partial charge in [-0.15, -0.1) is 0 Å². The molecule has 2 heterocycles. The van der Waals surface area contributed by atoms with Gasteiger partial charge in [0, 0.05) is 41.5 Å². The van der Waals surface area contributed by atoms with Gasteiger partial charge in [-0.05, 0) is 18.1 Å².